The SMILES string of the molecule is CC(O)C1CCN(S(=O)(=O)c2cnn(CCC(=O)O)c2)C1. The molecule has 1 aliphatic rings. The summed E-state index contributed by atoms with van der Waals surface area (Å²) in [5.74, 6) is -1.02. The Morgan fingerprint density at radius 1 is 1.57 bits per heavy atom. The standard InChI is InChI=1S/C12H19N3O5S/c1-9(16)10-2-5-15(7-10)21(19,20)11-6-13-14(8-11)4-3-12(17)18/h6,8-10,16H,2-5,7H2,1H3,(H,17,18). The van der Waals surface area contributed by atoms with Gasteiger partial charge < -0.3 is 10.2 Å². The van der Waals surface area contributed by atoms with Gasteiger partial charge in [-0.1, -0.05) is 0 Å². The summed E-state index contributed by atoms with van der Waals surface area (Å²) in [4.78, 5) is 10.5. The van der Waals surface area contributed by atoms with Crippen LogP contribution in [0, 0.1) is 5.92 Å². The molecule has 0 saturated carbocycles. The van der Waals surface area contributed by atoms with Crippen LogP contribution < -0.4 is 0 Å². The molecule has 0 aromatic carbocycles. The van der Waals surface area contributed by atoms with Gasteiger partial charge in [-0.3, -0.25) is 9.48 Å². The second-order valence-electron chi connectivity index (χ2n) is 5.24. The number of carbonyl (C=O) groups is 1. The lowest BCUT2D eigenvalue weighted by Gasteiger charge is -2.16. The van der Waals surface area contributed by atoms with Gasteiger partial charge in [0.2, 0.25) is 10.0 Å². The number of nitrogens with zero attached hydrogens (tertiary/aromatic N) is 3. The highest BCUT2D eigenvalue weighted by atomic mass is 32.2. The number of aliphatic hydroxyl groups is 1. The van der Waals surface area contributed by atoms with Crippen molar-refractivity contribution in [2.24, 2.45) is 5.92 Å². The van der Waals surface area contributed by atoms with Crippen LogP contribution in [0.25, 0.3) is 0 Å². The van der Waals surface area contributed by atoms with E-state index in [1.807, 2.05) is 0 Å². The molecule has 1 aromatic heterocycles. The van der Waals surface area contributed by atoms with Gasteiger partial charge >= 0.3 is 5.97 Å². The minimum atomic E-state index is -3.63. The number of aliphatic hydroxyl groups excluding tert-OH is 1. The predicted molar refractivity (Wildman–Crippen MR) is 73.0 cm³/mol. The van der Waals surface area contributed by atoms with Crippen molar-refractivity contribution in [3.63, 3.8) is 0 Å². The van der Waals surface area contributed by atoms with E-state index >= 15 is 0 Å². The molecule has 2 heterocycles. The van der Waals surface area contributed by atoms with Gasteiger partial charge in [0.15, 0.2) is 0 Å². The van der Waals surface area contributed by atoms with Gasteiger partial charge in [0.1, 0.15) is 4.90 Å². The van der Waals surface area contributed by atoms with E-state index in [-0.39, 0.29) is 23.8 Å². The molecular formula is C12H19N3O5S. The van der Waals surface area contributed by atoms with E-state index in [9.17, 15) is 18.3 Å². The second kappa shape index (κ2) is 6.12. The normalized spacial score (nSPS) is 21.5. The number of hydrogen-bond acceptors (Lipinski definition) is 5. The van der Waals surface area contributed by atoms with Gasteiger partial charge in [0.05, 0.1) is 25.3 Å². The van der Waals surface area contributed by atoms with Gasteiger partial charge in [-0.2, -0.15) is 9.40 Å². The number of aryl methyl sites for hydroxylation is 1. The van der Waals surface area contributed by atoms with Crippen molar-refractivity contribution in [3.05, 3.63) is 12.4 Å². The molecule has 0 amide bonds. The third-order valence-electron chi connectivity index (χ3n) is 3.67. The van der Waals surface area contributed by atoms with Crippen molar-refractivity contribution >= 4 is 16.0 Å². The van der Waals surface area contributed by atoms with Gasteiger partial charge in [-0.15, -0.1) is 0 Å². The van der Waals surface area contributed by atoms with Crippen LogP contribution in [0.3, 0.4) is 0 Å². The molecule has 2 N–H and O–H groups in total. The number of sulfonamides is 1. The molecule has 1 aromatic rings. The van der Waals surface area contributed by atoms with Gasteiger partial charge in [0, 0.05) is 19.3 Å². The summed E-state index contributed by atoms with van der Waals surface area (Å²) in [6, 6.07) is 0. The third kappa shape index (κ3) is 3.60. The first-order valence-corrected chi connectivity index (χ1v) is 8.17. The topological polar surface area (TPSA) is 113 Å². The van der Waals surface area contributed by atoms with Crippen LogP contribution in [0.15, 0.2) is 17.3 Å². The summed E-state index contributed by atoms with van der Waals surface area (Å²) < 4.78 is 27.5. The average molecular weight is 317 g/mol. The fourth-order valence-corrected chi connectivity index (χ4v) is 3.79. The Balaban J connectivity index is 2.08. The van der Waals surface area contributed by atoms with E-state index in [1.54, 1.807) is 6.92 Å². The van der Waals surface area contributed by atoms with Crippen LogP contribution in [-0.2, 0) is 21.4 Å². The maximum atomic E-state index is 12.4. The van der Waals surface area contributed by atoms with Crippen molar-refractivity contribution < 1.29 is 23.4 Å². The molecule has 1 fully saturated rings. The van der Waals surface area contributed by atoms with Crippen molar-refractivity contribution in [2.45, 2.75) is 37.3 Å². The maximum absolute atomic E-state index is 12.4. The fraction of sp³-hybridized carbons (Fsp3) is 0.667. The first kappa shape index (κ1) is 15.9. The number of carboxylic acids is 1. The van der Waals surface area contributed by atoms with Gasteiger partial charge in [0.25, 0.3) is 0 Å². The number of rotatable bonds is 6. The number of aromatic nitrogens is 2. The highest BCUT2D eigenvalue weighted by Gasteiger charge is 2.35. The van der Waals surface area contributed by atoms with Crippen LogP contribution >= 0.6 is 0 Å². The maximum Gasteiger partial charge on any atom is 0.305 e. The van der Waals surface area contributed by atoms with E-state index in [1.165, 1.54) is 21.4 Å². The molecule has 2 atom stereocenters. The van der Waals surface area contributed by atoms with E-state index in [2.05, 4.69) is 5.10 Å². The Hall–Kier alpha value is -1.45. The molecule has 21 heavy (non-hydrogen) atoms. The molecular weight excluding hydrogens is 298 g/mol. The predicted octanol–water partition coefficient (Wildman–Crippen LogP) is -0.251. The van der Waals surface area contributed by atoms with Crippen molar-refractivity contribution in [2.75, 3.05) is 13.1 Å². The van der Waals surface area contributed by atoms with Crippen LogP contribution in [0.4, 0.5) is 0 Å². The molecule has 0 aliphatic carbocycles. The fourth-order valence-electron chi connectivity index (χ4n) is 2.33. The summed E-state index contributed by atoms with van der Waals surface area (Å²) in [5.41, 5.74) is 0. The van der Waals surface area contributed by atoms with Crippen molar-refractivity contribution in [1.82, 2.24) is 14.1 Å². The van der Waals surface area contributed by atoms with Crippen LogP contribution in [0.2, 0.25) is 0 Å². The molecule has 1 aliphatic heterocycles. The molecule has 0 spiro atoms. The van der Waals surface area contributed by atoms with Crippen LogP contribution in [-0.4, -0.2) is 57.9 Å². The summed E-state index contributed by atoms with van der Waals surface area (Å²) >= 11 is 0. The van der Waals surface area contributed by atoms with E-state index in [4.69, 9.17) is 5.11 Å². The molecule has 0 bridgehead atoms. The summed E-state index contributed by atoms with van der Waals surface area (Å²) in [5, 5.41) is 22.0. The third-order valence-corrected chi connectivity index (χ3v) is 5.49. The molecule has 1 saturated heterocycles. The molecule has 2 unspecified atom stereocenters. The number of carboxylic acid groups (broad SMARTS) is 1. The van der Waals surface area contributed by atoms with Crippen molar-refractivity contribution in [1.29, 1.82) is 0 Å². The number of hydrogen-bond donors (Lipinski definition) is 2. The first-order valence-electron chi connectivity index (χ1n) is 6.73. The molecule has 2 rings (SSSR count). The molecule has 9 heteroatoms. The Morgan fingerprint density at radius 2 is 2.29 bits per heavy atom. The minimum Gasteiger partial charge on any atom is -0.481 e. The second-order valence-corrected chi connectivity index (χ2v) is 7.17. The first-order chi connectivity index (χ1) is 9.80. The van der Waals surface area contributed by atoms with Crippen LogP contribution in [0.5, 0.6) is 0 Å². The quantitative estimate of drug-likeness (QED) is 0.748. The lowest BCUT2D eigenvalue weighted by atomic mass is 10.0. The average Bonchev–Trinajstić information content (AvgIpc) is 3.06. The lowest BCUT2D eigenvalue weighted by molar-refractivity contribution is -0.137. The highest BCUT2D eigenvalue weighted by molar-refractivity contribution is 7.89. The smallest absolute Gasteiger partial charge is 0.305 e. The molecule has 8 nitrogen and oxygen atoms in total. The summed E-state index contributed by atoms with van der Waals surface area (Å²) in [6.07, 6.45) is 2.54. The Kier molecular flexibility index (Phi) is 4.64. The molecule has 0 radical (unpaired) electrons. The summed E-state index contributed by atoms with van der Waals surface area (Å²) in [6.45, 7) is 2.45. The van der Waals surface area contributed by atoms with E-state index in [0.717, 1.165) is 0 Å². The van der Waals surface area contributed by atoms with E-state index in [0.29, 0.717) is 19.5 Å². The zero-order valence-electron chi connectivity index (χ0n) is 11.7. The summed E-state index contributed by atoms with van der Waals surface area (Å²) in [7, 11) is -3.63. The Bertz CT molecular complexity index is 610. The van der Waals surface area contributed by atoms with Crippen LogP contribution in [0.1, 0.15) is 19.8 Å². The lowest BCUT2D eigenvalue weighted by Crippen LogP contribution is -2.30. The monoisotopic (exact) mass is 317 g/mol. The number of aliphatic carboxylic acids is 1. The largest absolute Gasteiger partial charge is 0.481 e. The van der Waals surface area contributed by atoms with Gasteiger partial charge in [-0.05, 0) is 19.3 Å². The minimum absolute atomic E-state index is 0.0539. The van der Waals surface area contributed by atoms with Gasteiger partial charge in [-0.25, -0.2) is 8.42 Å². The Morgan fingerprint density at radius 3 is 2.86 bits per heavy atom. The highest BCUT2D eigenvalue weighted by Crippen LogP contribution is 2.25. The zero-order chi connectivity index (χ0) is 15.6. The van der Waals surface area contributed by atoms with Crippen molar-refractivity contribution in [3.8, 4) is 0 Å². The zero-order valence-corrected chi connectivity index (χ0v) is 12.5. The molecule has 118 valence electrons. The van der Waals surface area contributed by atoms with E-state index < -0.39 is 22.1 Å². The Labute approximate surface area is 123 Å².